The maximum atomic E-state index is 13.5. The first-order chi connectivity index (χ1) is 42.2. The van der Waals surface area contributed by atoms with Crippen molar-refractivity contribution in [1.82, 2.24) is 5.32 Å². The Labute approximate surface area is 529 Å². The van der Waals surface area contributed by atoms with Crippen molar-refractivity contribution < 1.29 is 49.3 Å². The van der Waals surface area contributed by atoms with E-state index in [2.05, 4.69) is 62.5 Å². The Morgan fingerprint density at radius 3 is 1.22 bits per heavy atom. The summed E-state index contributed by atoms with van der Waals surface area (Å²) in [5, 5.41) is 57.3. The molecule has 11 heteroatoms. The van der Waals surface area contributed by atoms with Crippen LogP contribution in [0.1, 0.15) is 355 Å². The summed E-state index contributed by atoms with van der Waals surface area (Å²) in [6.45, 7) is 5.81. The molecule has 0 aromatic carbocycles. The zero-order valence-corrected chi connectivity index (χ0v) is 56.2. The molecular formula is C75H139NO10. The molecule has 0 aromatic rings. The summed E-state index contributed by atoms with van der Waals surface area (Å²) in [5.74, 6) is -1.18. The van der Waals surface area contributed by atoms with Gasteiger partial charge in [0, 0.05) is 6.42 Å². The van der Waals surface area contributed by atoms with E-state index in [0.717, 1.165) is 64.2 Å². The number of amides is 1. The number of hydrogen-bond acceptors (Lipinski definition) is 10. The molecule has 6 N–H and O–H groups in total. The quantitative estimate of drug-likeness (QED) is 0.0195. The molecule has 1 aliphatic rings. The highest BCUT2D eigenvalue weighted by atomic mass is 16.7. The summed E-state index contributed by atoms with van der Waals surface area (Å²) >= 11 is 0. The number of aliphatic hydroxyl groups excluding tert-OH is 5. The number of esters is 1. The molecular weight excluding hydrogens is 1070 g/mol. The molecule has 504 valence electrons. The van der Waals surface area contributed by atoms with Crippen LogP contribution in [-0.4, -0.2) is 99.6 Å². The van der Waals surface area contributed by atoms with Gasteiger partial charge in [0.05, 0.1) is 25.4 Å². The first-order valence-corrected chi connectivity index (χ1v) is 36.9. The van der Waals surface area contributed by atoms with Gasteiger partial charge >= 0.3 is 5.97 Å². The van der Waals surface area contributed by atoms with E-state index in [1.807, 2.05) is 6.08 Å². The molecule has 1 aliphatic heterocycles. The molecule has 0 radical (unpaired) electrons. The molecule has 0 bridgehead atoms. The number of rotatable bonds is 64. The summed E-state index contributed by atoms with van der Waals surface area (Å²) in [6, 6.07) is -1.02. The molecule has 86 heavy (non-hydrogen) atoms. The lowest BCUT2D eigenvalue weighted by Crippen LogP contribution is -2.61. The summed E-state index contributed by atoms with van der Waals surface area (Å²) in [5.41, 5.74) is 0. The smallest absolute Gasteiger partial charge is 0.306 e. The van der Waals surface area contributed by atoms with Crippen molar-refractivity contribution in [2.75, 3.05) is 13.2 Å². The first-order valence-electron chi connectivity index (χ1n) is 36.9. The fourth-order valence-corrected chi connectivity index (χ4v) is 11.6. The number of hydrogen-bond donors (Lipinski definition) is 6. The van der Waals surface area contributed by atoms with Crippen molar-refractivity contribution in [3.05, 3.63) is 48.6 Å². The minimum atomic E-state index is -1.61. The van der Waals surface area contributed by atoms with Crippen molar-refractivity contribution in [2.45, 2.75) is 404 Å². The van der Waals surface area contributed by atoms with E-state index in [0.29, 0.717) is 19.3 Å². The Hall–Kier alpha value is -2.38. The fourth-order valence-electron chi connectivity index (χ4n) is 11.6. The average Bonchev–Trinajstić information content (AvgIpc) is 3.68. The standard InChI is InChI=1S/C75H139NO10/c1-4-7-10-13-16-19-22-25-27-29-31-33-34-35-37-38-40-42-44-47-50-53-56-59-62-68(79)74(83)76-66(67(78)61-58-55-52-49-46-24-21-18-15-12-9-6-3)65-84-75-73(72(82)71(81)69(64-77)85-75)86-70(80)63-60-57-54-51-48-45-43-41-39-36-32-30-28-26-23-20-17-14-11-8-5-2/h16,19,25-28,58,61,66-69,71-73,75,77-79,81-82H,4-15,17-18,20-24,29-57,59-60,62-65H2,1-3H3,(H,76,83)/b19-16-,27-25-,28-26+,61-58+. The molecule has 0 saturated carbocycles. The van der Waals surface area contributed by atoms with Gasteiger partial charge in [-0.2, -0.15) is 0 Å². The molecule has 8 unspecified atom stereocenters. The van der Waals surface area contributed by atoms with Crippen LogP contribution >= 0.6 is 0 Å². The maximum absolute atomic E-state index is 13.5. The number of nitrogens with one attached hydrogen (secondary N) is 1. The monoisotopic (exact) mass is 1210 g/mol. The number of carbonyl (C=O) groups is 2. The zero-order chi connectivity index (χ0) is 62.4. The number of unbranched alkanes of at least 4 members (excludes halogenated alkanes) is 44. The van der Waals surface area contributed by atoms with Gasteiger partial charge in [-0.1, -0.05) is 313 Å². The van der Waals surface area contributed by atoms with E-state index in [9.17, 15) is 35.1 Å². The van der Waals surface area contributed by atoms with Crippen molar-refractivity contribution in [1.29, 1.82) is 0 Å². The molecule has 11 nitrogen and oxygen atoms in total. The van der Waals surface area contributed by atoms with Gasteiger partial charge in [-0.25, -0.2) is 0 Å². The van der Waals surface area contributed by atoms with E-state index < -0.39 is 67.4 Å². The van der Waals surface area contributed by atoms with E-state index in [4.69, 9.17) is 14.2 Å². The highest BCUT2D eigenvalue weighted by Crippen LogP contribution is 2.26. The normalized spacial score (nSPS) is 18.5. The van der Waals surface area contributed by atoms with Crippen LogP contribution in [0.25, 0.3) is 0 Å². The van der Waals surface area contributed by atoms with Gasteiger partial charge in [0.15, 0.2) is 12.4 Å². The Bertz CT molecular complexity index is 1590. The molecule has 1 saturated heterocycles. The Balaban J connectivity index is 2.55. The predicted octanol–water partition coefficient (Wildman–Crippen LogP) is 19.1. The van der Waals surface area contributed by atoms with Gasteiger partial charge in [-0.15, -0.1) is 0 Å². The lowest BCUT2D eigenvalue weighted by atomic mass is 9.99. The number of aliphatic hydroxyl groups is 5. The molecule has 1 amide bonds. The minimum Gasteiger partial charge on any atom is -0.454 e. The third-order valence-corrected chi connectivity index (χ3v) is 17.5. The van der Waals surface area contributed by atoms with Gasteiger partial charge in [-0.05, 0) is 83.5 Å². The number of ether oxygens (including phenoxy) is 3. The van der Waals surface area contributed by atoms with Gasteiger partial charge in [0.2, 0.25) is 5.91 Å². The molecule has 0 aliphatic carbocycles. The molecule has 8 atom stereocenters. The summed E-state index contributed by atoms with van der Waals surface area (Å²) in [6.07, 6.45) is 68.7. The second-order valence-corrected chi connectivity index (χ2v) is 25.7. The van der Waals surface area contributed by atoms with Crippen LogP contribution in [0.3, 0.4) is 0 Å². The van der Waals surface area contributed by atoms with Crippen LogP contribution in [0, 0.1) is 0 Å². The van der Waals surface area contributed by atoms with Crippen molar-refractivity contribution in [2.24, 2.45) is 0 Å². The molecule has 1 rings (SSSR count). The Morgan fingerprint density at radius 1 is 0.453 bits per heavy atom. The Morgan fingerprint density at radius 2 is 0.802 bits per heavy atom. The summed E-state index contributed by atoms with van der Waals surface area (Å²) in [4.78, 5) is 26.7. The average molecular weight is 1210 g/mol. The molecule has 0 spiro atoms. The second kappa shape index (κ2) is 62.8. The van der Waals surface area contributed by atoms with E-state index in [1.165, 1.54) is 244 Å². The minimum absolute atomic E-state index is 0.125. The topological polar surface area (TPSA) is 175 Å². The van der Waals surface area contributed by atoms with Crippen molar-refractivity contribution >= 4 is 11.9 Å². The SMILES string of the molecule is CCCCC/C=C\C/C=C\CCCCCCCCCCCCCCCCC(O)C(=O)NC(COC1OC(CO)C(O)C(O)C1OC(=O)CCCCCCCCCCCCC/C=C/CCCCCCCC)C(O)/C=C/CCCCCCCCCCCC. The molecule has 1 heterocycles. The lowest BCUT2D eigenvalue weighted by Gasteiger charge is -2.41. The zero-order valence-electron chi connectivity index (χ0n) is 56.2. The summed E-state index contributed by atoms with van der Waals surface area (Å²) < 4.78 is 17.7. The largest absolute Gasteiger partial charge is 0.454 e. The fraction of sp³-hybridized carbons (Fsp3) is 0.867. The van der Waals surface area contributed by atoms with E-state index in [-0.39, 0.29) is 13.0 Å². The highest BCUT2D eigenvalue weighted by molar-refractivity contribution is 5.80. The predicted molar refractivity (Wildman–Crippen MR) is 361 cm³/mol. The van der Waals surface area contributed by atoms with Crippen molar-refractivity contribution in [3.8, 4) is 0 Å². The third kappa shape index (κ3) is 49.4. The van der Waals surface area contributed by atoms with Crippen LogP contribution in [0.4, 0.5) is 0 Å². The maximum Gasteiger partial charge on any atom is 0.306 e. The van der Waals surface area contributed by atoms with Crippen molar-refractivity contribution in [3.63, 3.8) is 0 Å². The number of carbonyl (C=O) groups excluding carboxylic acids is 2. The van der Waals surface area contributed by atoms with Crippen LogP contribution in [0.15, 0.2) is 48.6 Å². The highest BCUT2D eigenvalue weighted by Gasteiger charge is 2.47. The number of allylic oxidation sites excluding steroid dienone is 7. The van der Waals surface area contributed by atoms with Crippen LogP contribution < -0.4 is 5.32 Å². The van der Waals surface area contributed by atoms with Gasteiger partial charge < -0.3 is 45.1 Å². The molecule has 1 fully saturated rings. The third-order valence-electron chi connectivity index (χ3n) is 17.5. The Kier molecular flexibility index (Phi) is 59.6. The lowest BCUT2D eigenvalue weighted by molar-refractivity contribution is -0.305. The van der Waals surface area contributed by atoms with Crippen LogP contribution in [0.5, 0.6) is 0 Å². The van der Waals surface area contributed by atoms with Gasteiger partial charge in [0.25, 0.3) is 0 Å². The molecule has 0 aromatic heterocycles. The van der Waals surface area contributed by atoms with E-state index >= 15 is 0 Å². The van der Waals surface area contributed by atoms with Crippen LogP contribution in [0.2, 0.25) is 0 Å². The van der Waals surface area contributed by atoms with Crippen LogP contribution in [-0.2, 0) is 23.8 Å². The van der Waals surface area contributed by atoms with E-state index in [1.54, 1.807) is 6.08 Å². The first kappa shape index (κ1) is 81.6. The van der Waals surface area contributed by atoms with Gasteiger partial charge in [0.1, 0.15) is 24.4 Å². The summed E-state index contributed by atoms with van der Waals surface area (Å²) in [7, 11) is 0. The second-order valence-electron chi connectivity index (χ2n) is 25.7. The van der Waals surface area contributed by atoms with Gasteiger partial charge in [-0.3, -0.25) is 9.59 Å².